The van der Waals surface area contributed by atoms with Crippen LogP contribution in [0.1, 0.15) is 17.5 Å². The molecule has 166 valence electrons. The lowest BCUT2D eigenvalue weighted by Gasteiger charge is -2.16. The number of nitrogens with one attached hydrogen (secondary N) is 2. The molecule has 2 heterocycles. The molecule has 2 aromatic rings. The molecule has 0 aliphatic carbocycles. The molecule has 31 heavy (non-hydrogen) atoms. The van der Waals surface area contributed by atoms with Crippen LogP contribution in [0, 0.1) is 0 Å². The molecule has 1 aliphatic heterocycles. The van der Waals surface area contributed by atoms with Crippen LogP contribution in [-0.4, -0.2) is 44.7 Å². The quantitative estimate of drug-likeness (QED) is 0.496. The predicted octanol–water partition coefficient (Wildman–Crippen LogP) is 2.88. The molecule has 7 nitrogen and oxygen atoms in total. The number of alkyl halides is 3. The minimum absolute atomic E-state index is 0.151. The first kappa shape index (κ1) is 22.6. The van der Waals surface area contributed by atoms with Gasteiger partial charge in [0.05, 0.1) is 17.0 Å². The molecule has 0 spiro atoms. The molecule has 1 saturated heterocycles. The molecule has 1 aromatic carbocycles. The molecular formula is C20H21F3N4O3S. The summed E-state index contributed by atoms with van der Waals surface area (Å²) in [5.74, 6) is 0.0878. The van der Waals surface area contributed by atoms with E-state index in [1.807, 2.05) is 0 Å². The third kappa shape index (κ3) is 6.20. The monoisotopic (exact) mass is 454 g/mol. The highest BCUT2D eigenvalue weighted by Crippen LogP contribution is 2.28. The number of anilines is 2. The number of rotatable bonds is 7. The Balaban J connectivity index is 1.42. The second kappa shape index (κ2) is 9.38. The molecule has 11 heteroatoms. The van der Waals surface area contributed by atoms with Gasteiger partial charge in [0.1, 0.15) is 5.82 Å². The molecule has 2 N–H and O–H groups in total. The summed E-state index contributed by atoms with van der Waals surface area (Å²) in [7, 11) is -3.23. The van der Waals surface area contributed by atoms with Crippen LogP contribution in [-0.2, 0) is 21.0 Å². The minimum atomic E-state index is -4.43. The normalized spacial score (nSPS) is 15.9. The lowest BCUT2D eigenvalue weighted by Crippen LogP contribution is -2.27. The van der Waals surface area contributed by atoms with E-state index in [4.69, 9.17) is 0 Å². The number of pyridine rings is 1. The average Bonchev–Trinajstić information content (AvgIpc) is 3.09. The van der Waals surface area contributed by atoms with E-state index in [-0.39, 0.29) is 30.6 Å². The molecule has 1 aromatic heterocycles. The Hall–Kier alpha value is -3.08. The Kier molecular flexibility index (Phi) is 6.84. The van der Waals surface area contributed by atoms with E-state index in [9.17, 15) is 26.4 Å². The summed E-state index contributed by atoms with van der Waals surface area (Å²) in [5.41, 5.74) is 0.510. The highest BCUT2D eigenvalue weighted by atomic mass is 32.2. The van der Waals surface area contributed by atoms with Crippen LogP contribution < -0.4 is 14.9 Å². The van der Waals surface area contributed by atoms with Gasteiger partial charge in [-0.25, -0.2) is 13.4 Å². The summed E-state index contributed by atoms with van der Waals surface area (Å²) in [6.07, 6.45) is -0.138. The van der Waals surface area contributed by atoms with Crippen molar-refractivity contribution in [3.8, 4) is 0 Å². The molecule has 1 fully saturated rings. The number of hydrogen-bond donors (Lipinski definition) is 2. The molecule has 0 bridgehead atoms. The van der Waals surface area contributed by atoms with Gasteiger partial charge < -0.3 is 10.6 Å². The van der Waals surface area contributed by atoms with Gasteiger partial charge in [0, 0.05) is 31.9 Å². The number of halogens is 3. The zero-order valence-electron chi connectivity index (χ0n) is 16.4. The van der Waals surface area contributed by atoms with Crippen LogP contribution in [0.4, 0.5) is 24.7 Å². The molecule has 1 amide bonds. The molecule has 0 radical (unpaired) electrons. The van der Waals surface area contributed by atoms with Gasteiger partial charge in [0.15, 0.2) is 0 Å². The van der Waals surface area contributed by atoms with E-state index in [2.05, 4.69) is 15.6 Å². The highest BCUT2D eigenvalue weighted by Gasteiger charge is 2.30. The standard InChI is InChI=1S/C20H21F3N4O3S/c21-20(22,23)16-5-8-18(26-14-16)24-10-11-25-19(28)9-4-15-2-6-17(7-3-15)27-12-1-13-31(27,29)30/h2-9,14H,1,10-13H2,(H,24,26)(H,25,28)/b9-4+. The van der Waals surface area contributed by atoms with Gasteiger partial charge in [-0.2, -0.15) is 13.2 Å². The van der Waals surface area contributed by atoms with Gasteiger partial charge in [-0.05, 0) is 42.3 Å². The van der Waals surface area contributed by atoms with Crippen LogP contribution in [0.25, 0.3) is 6.08 Å². The Morgan fingerprint density at radius 1 is 1.13 bits per heavy atom. The average molecular weight is 454 g/mol. The lowest BCUT2D eigenvalue weighted by molar-refractivity contribution is -0.137. The summed E-state index contributed by atoms with van der Waals surface area (Å²) in [6, 6.07) is 9.00. The van der Waals surface area contributed by atoms with Crippen molar-refractivity contribution in [2.24, 2.45) is 0 Å². The van der Waals surface area contributed by atoms with E-state index in [0.717, 1.165) is 17.8 Å². The summed E-state index contributed by atoms with van der Waals surface area (Å²) in [6.45, 7) is 1.00. The number of amides is 1. The second-order valence-corrected chi connectivity index (χ2v) is 8.83. The summed E-state index contributed by atoms with van der Waals surface area (Å²) >= 11 is 0. The Labute approximate surface area is 178 Å². The molecule has 0 atom stereocenters. The van der Waals surface area contributed by atoms with Crippen LogP contribution in [0.3, 0.4) is 0 Å². The van der Waals surface area contributed by atoms with Gasteiger partial charge in [0.2, 0.25) is 15.9 Å². The number of carbonyl (C=O) groups is 1. The van der Waals surface area contributed by atoms with E-state index < -0.39 is 21.8 Å². The van der Waals surface area contributed by atoms with Crippen molar-refractivity contribution < 1.29 is 26.4 Å². The number of hydrogen-bond acceptors (Lipinski definition) is 5. The largest absolute Gasteiger partial charge is 0.417 e. The number of nitrogens with zero attached hydrogens (tertiary/aromatic N) is 2. The molecule has 3 rings (SSSR count). The van der Waals surface area contributed by atoms with Gasteiger partial charge in [-0.1, -0.05) is 12.1 Å². The summed E-state index contributed by atoms with van der Waals surface area (Å²) in [5, 5.41) is 5.46. The van der Waals surface area contributed by atoms with Gasteiger partial charge in [-0.15, -0.1) is 0 Å². The van der Waals surface area contributed by atoms with E-state index >= 15 is 0 Å². The van der Waals surface area contributed by atoms with Crippen molar-refractivity contribution in [3.05, 3.63) is 59.8 Å². The molecule has 0 saturated carbocycles. The maximum atomic E-state index is 12.5. The second-order valence-electron chi connectivity index (χ2n) is 6.81. The van der Waals surface area contributed by atoms with Crippen molar-refractivity contribution in [1.29, 1.82) is 0 Å². The third-order valence-electron chi connectivity index (χ3n) is 4.53. The highest BCUT2D eigenvalue weighted by molar-refractivity contribution is 7.93. The zero-order chi connectivity index (χ0) is 22.5. The van der Waals surface area contributed by atoms with Crippen molar-refractivity contribution in [1.82, 2.24) is 10.3 Å². The van der Waals surface area contributed by atoms with Crippen LogP contribution in [0.15, 0.2) is 48.7 Å². The Bertz CT molecular complexity index is 1040. The first-order valence-corrected chi connectivity index (χ1v) is 11.1. The van der Waals surface area contributed by atoms with Crippen molar-refractivity contribution in [2.75, 3.05) is 35.0 Å². The van der Waals surface area contributed by atoms with Gasteiger partial charge in [-0.3, -0.25) is 9.10 Å². The fourth-order valence-electron chi connectivity index (χ4n) is 2.95. The van der Waals surface area contributed by atoms with E-state index in [1.54, 1.807) is 30.3 Å². The molecule has 1 aliphatic rings. The van der Waals surface area contributed by atoms with E-state index in [0.29, 0.717) is 18.7 Å². The summed E-state index contributed by atoms with van der Waals surface area (Å²) in [4.78, 5) is 15.6. The molecular weight excluding hydrogens is 433 g/mol. The Morgan fingerprint density at radius 3 is 2.45 bits per heavy atom. The number of carbonyl (C=O) groups excluding carboxylic acids is 1. The maximum Gasteiger partial charge on any atom is 0.417 e. The SMILES string of the molecule is O=C(/C=C/c1ccc(N2CCCS2(=O)=O)cc1)NCCNc1ccc(C(F)(F)F)cn1. The van der Waals surface area contributed by atoms with Crippen molar-refractivity contribution in [3.63, 3.8) is 0 Å². The minimum Gasteiger partial charge on any atom is -0.368 e. The van der Waals surface area contributed by atoms with Crippen LogP contribution in [0.2, 0.25) is 0 Å². The first-order valence-electron chi connectivity index (χ1n) is 9.49. The topological polar surface area (TPSA) is 91.4 Å². The number of aromatic nitrogens is 1. The maximum absolute atomic E-state index is 12.5. The van der Waals surface area contributed by atoms with Gasteiger partial charge in [0.25, 0.3) is 0 Å². The zero-order valence-corrected chi connectivity index (χ0v) is 17.2. The van der Waals surface area contributed by atoms with Gasteiger partial charge >= 0.3 is 6.18 Å². The van der Waals surface area contributed by atoms with Crippen LogP contribution in [0.5, 0.6) is 0 Å². The number of benzene rings is 1. The third-order valence-corrected chi connectivity index (χ3v) is 6.40. The Morgan fingerprint density at radius 2 is 1.87 bits per heavy atom. The number of sulfonamides is 1. The molecule has 0 unspecified atom stereocenters. The fourth-order valence-corrected chi connectivity index (χ4v) is 4.52. The van der Waals surface area contributed by atoms with E-state index in [1.165, 1.54) is 16.4 Å². The smallest absolute Gasteiger partial charge is 0.368 e. The fraction of sp³-hybridized carbons (Fsp3) is 0.300. The van der Waals surface area contributed by atoms with Crippen molar-refractivity contribution in [2.45, 2.75) is 12.6 Å². The van der Waals surface area contributed by atoms with Crippen LogP contribution >= 0.6 is 0 Å². The lowest BCUT2D eigenvalue weighted by atomic mass is 10.2. The predicted molar refractivity (Wildman–Crippen MR) is 112 cm³/mol. The van der Waals surface area contributed by atoms with Crippen molar-refractivity contribution >= 4 is 33.5 Å². The first-order chi connectivity index (χ1) is 14.6. The summed E-state index contributed by atoms with van der Waals surface area (Å²) < 4.78 is 62.7.